The van der Waals surface area contributed by atoms with Crippen molar-refractivity contribution in [3.05, 3.63) is 70.8 Å². The molecule has 0 saturated heterocycles. The molecule has 0 bridgehead atoms. The van der Waals surface area contributed by atoms with E-state index < -0.39 is 11.9 Å². The molecule has 116 valence electrons. The van der Waals surface area contributed by atoms with Crippen LogP contribution in [0.3, 0.4) is 0 Å². The van der Waals surface area contributed by atoms with Gasteiger partial charge in [-0.25, -0.2) is 9.59 Å². The molecule has 2 aromatic rings. The van der Waals surface area contributed by atoms with Gasteiger partial charge < -0.3 is 10.2 Å². The van der Waals surface area contributed by atoms with Crippen molar-refractivity contribution in [2.75, 3.05) is 0 Å². The van der Waals surface area contributed by atoms with Gasteiger partial charge in [0.2, 0.25) is 0 Å². The summed E-state index contributed by atoms with van der Waals surface area (Å²) in [5.41, 5.74) is 2.66. The third kappa shape index (κ3) is 4.33. The van der Waals surface area contributed by atoms with Crippen LogP contribution in [0.15, 0.2) is 48.5 Å². The molecule has 0 aliphatic rings. The lowest BCUT2D eigenvalue weighted by atomic mass is 9.93. The summed E-state index contributed by atoms with van der Waals surface area (Å²) in [4.78, 5) is 21.6. The standard InChI is InChI=1S/C17H16O4.ClH/c1-11(13-6-8-15(9-7-13)17(20)21)10-12-2-4-14(5-3-12)16(18)19;/h2-9,11H,10H2,1H3,(H,18,19)(H,20,21);1H. The van der Waals surface area contributed by atoms with Gasteiger partial charge in [-0.1, -0.05) is 31.2 Å². The molecule has 5 heteroatoms. The summed E-state index contributed by atoms with van der Waals surface area (Å²) < 4.78 is 0. The number of carbonyl (C=O) groups is 2. The van der Waals surface area contributed by atoms with Crippen LogP contribution >= 0.6 is 12.4 Å². The maximum absolute atomic E-state index is 10.8. The lowest BCUT2D eigenvalue weighted by Gasteiger charge is -2.12. The van der Waals surface area contributed by atoms with Gasteiger partial charge in [0, 0.05) is 0 Å². The predicted molar refractivity (Wildman–Crippen MR) is 86.2 cm³/mol. The number of hydrogen-bond donors (Lipinski definition) is 2. The van der Waals surface area contributed by atoms with Crippen LogP contribution < -0.4 is 0 Å². The minimum Gasteiger partial charge on any atom is -0.478 e. The molecule has 0 aliphatic heterocycles. The van der Waals surface area contributed by atoms with Crippen molar-refractivity contribution in [3.63, 3.8) is 0 Å². The van der Waals surface area contributed by atoms with Crippen molar-refractivity contribution >= 4 is 24.3 Å². The smallest absolute Gasteiger partial charge is 0.335 e. The second-order valence-corrected chi connectivity index (χ2v) is 5.03. The first-order chi connectivity index (χ1) is 9.97. The van der Waals surface area contributed by atoms with E-state index in [0.717, 1.165) is 17.5 Å². The molecule has 2 N–H and O–H groups in total. The quantitative estimate of drug-likeness (QED) is 0.877. The van der Waals surface area contributed by atoms with Gasteiger partial charge in [0.1, 0.15) is 0 Å². The van der Waals surface area contributed by atoms with Crippen LogP contribution in [0, 0.1) is 0 Å². The van der Waals surface area contributed by atoms with E-state index in [1.807, 2.05) is 24.3 Å². The fraction of sp³-hybridized carbons (Fsp3) is 0.176. The molecule has 0 amide bonds. The Labute approximate surface area is 134 Å². The molecule has 0 aromatic heterocycles. The lowest BCUT2D eigenvalue weighted by Crippen LogP contribution is -2.02. The van der Waals surface area contributed by atoms with Gasteiger partial charge in [0.05, 0.1) is 11.1 Å². The van der Waals surface area contributed by atoms with E-state index in [2.05, 4.69) is 6.92 Å². The molecule has 1 unspecified atom stereocenters. The number of halogens is 1. The Hall–Kier alpha value is -2.33. The van der Waals surface area contributed by atoms with Gasteiger partial charge in [0.25, 0.3) is 0 Å². The molecule has 0 heterocycles. The molecular weight excluding hydrogens is 304 g/mol. The number of carboxylic acid groups (broad SMARTS) is 2. The van der Waals surface area contributed by atoms with Crippen molar-refractivity contribution in [3.8, 4) is 0 Å². The highest BCUT2D eigenvalue weighted by molar-refractivity contribution is 5.88. The van der Waals surface area contributed by atoms with Crippen LogP contribution in [0.25, 0.3) is 0 Å². The summed E-state index contributed by atoms with van der Waals surface area (Å²) in [7, 11) is 0. The van der Waals surface area contributed by atoms with Crippen molar-refractivity contribution in [2.45, 2.75) is 19.3 Å². The Kier molecular flexibility index (Phi) is 6.13. The van der Waals surface area contributed by atoms with E-state index in [1.54, 1.807) is 24.3 Å². The summed E-state index contributed by atoms with van der Waals surface area (Å²) in [5, 5.41) is 17.7. The first-order valence-corrected chi connectivity index (χ1v) is 6.63. The van der Waals surface area contributed by atoms with Gasteiger partial charge >= 0.3 is 11.9 Å². The molecular formula is C17H17ClO4. The summed E-state index contributed by atoms with van der Waals surface area (Å²) in [5.74, 6) is -1.64. The van der Waals surface area contributed by atoms with E-state index in [-0.39, 0.29) is 29.5 Å². The molecule has 4 nitrogen and oxygen atoms in total. The van der Waals surface area contributed by atoms with Crippen molar-refractivity contribution in [2.24, 2.45) is 0 Å². The fourth-order valence-corrected chi connectivity index (χ4v) is 2.21. The molecule has 0 radical (unpaired) electrons. The summed E-state index contributed by atoms with van der Waals surface area (Å²) in [6.07, 6.45) is 0.770. The average molecular weight is 321 g/mol. The van der Waals surface area contributed by atoms with Crippen LogP contribution in [0.1, 0.15) is 44.7 Å². The SMILES string of the molecule is CC(Cc1ccc(C(=O)O)cc1)c1ccc(C(=O)O)cc1.Cl. The maximum atomic E-state index is 10.8. The first-order valence-electron chi connectivity index (χ1n) is 6.63. The Morgan fingerprint density at radius 1 is 0.864 bits per heavy atom. The first kappa shape index (κ1) is 17.7. The van der Waals surface area contributed by atoms with E-state index in [0.29, 0.717) is 0 Å². The number of rotatable bonds is 5. The van der Waals surface area contributed by atoms with Gasteiger partial charge in [0.15, 0.2) is 0 Å². The molecule has 0 saturated carbocycles. The van der Waals surface area contributed by atoms with Crippen LogP contribution in [-0.4, -0.2) is 22.2 Å². The van der Waals surface area contributed by atoms with Crippen molar-refractivity contribution < 1.29 is 19.8 Å². The monoisotopic (exact) mass is 320 g/mol. The molecule has 22 heavy (non-hydrogen) atoms. The van der Waals surface area contributed by atoms with Gasteiger partial charge in [-0.2, -0.15) is 0 Å². The molecule has 1 atom stereocenters. The Bertz CT molecular complexity index is 647. The van der Waals surface area contributed by atoms with Crippen molar-refractivity contribution in [1.82, 2.24) is 0 Å². The van der Waals surface area contributed by atoms with Crippen LogP contribution in [0.4, 0.5) is 0 Å². The maximum Gasteiger partial charge on any atom is 0.335 e. The minimum absolute atomic E-state index is 0. The third-order valence-corrected chi connectivity index (χ3v) is 3.47. The zero-order valence-electron chi connectivity index (χ0n) is 12.0. The number of benzene rings is 2. The van der Waals surface area contributed by atoms with E-state index in [1.165, 1.54) is 0 Å². The fourth-order valence-electron chi connectivity index (χ4n) is 2.21. The van der Waals surface area contributed by atoms with Crippen molar-refractivity contribution in [1.29, 1.82) is 0 Å². The van der Waals surface area contributed by atoms with Crippen LogP contribution in [0.5, 0.6) is 0 Å². The minimum atomic E-state index is -0.932. The normalized spacial score (nSPS) is 11.3. The highest BCUT2D eigenvalue weighted by Crippen LogP contribution is 2.21. The average Bonchev–Trinajstić information content (AvgIpc) is 2.47. The predicted octanol–water partition coefficient (Wildman–Crippen LogP) is 3.85. The summed E-state index contributed by atoms with van der Waals surface area (Å²) in [6.45, 7) is 2.06. The molecule has 0 fully saturated rings. The van der Waals surface area contributed by atoms with Gasteiger partial charge in [-0.3, -0.25) is 0 Å². The Morgan fingerprint density at radius 2 is 1.27 bits per heavy atom. The molecule has 0 aliphatic carbocycles. The second kappa shape index (κ2) is 7.61. The topological polar surface area (TPSA) is 74.6 Å². The molecule has 2 aromatic carbocycles. The Balaban J connectivity index is 0.00000242. The highest BCUT2D eigenvalue weighted by atomic mass is 35.5. The summed E-state index contributed by atoms with van der Waals surface area (Å²) >= 11 is 0. The number of carboxylic acids is 2. The van der Waals surface area contributed by atoms with E-state index in [9.17, 15) is 9.59 Å². The molecule has 2 rings (SSSR count). The van der Waals surface area contributed by atoms with E-state index in [4.69, 9.17) is 10.2 Å². The van der Waals surface area contributed by atoms with Crippen LogP contribution in [-0.2, 0) is 6.42 Å². The largest absolute Gasteiger partial charge is 0.478 e. The molecule has 0 spiro atoms. The Morgan fingerprint density at radius 3 is 1.68 bits per heavy atom. The van der Waals surface area contributed by atoms with E-state index >= 15 is 0 Å². The lowest BCUT2D eigenvalue weighted by molar-refractivity contribution is 0.0686. The second-order valence-electron chi connectivity index (χ2n) is 5.03. The third-order valence-electron chi connectivity index (χ3n) is 3.47. The zero-order valence-corrected chi connectivity index (χ0v) is 12.8. The van der Waals surface area contributed by atoms with Gasteiger partial charge in [-0.05, 0) is 47.7 Å². The number of hydrogen-bond acceptors (Lipinski definition) is 2. The number of aromatic carboxylic acids is 2. The summed E-state index contributed by atoms with van der Waals surface area (Å²) in [6, 6.07) is 13.6. The van der Waals surface area contributed by atoms with Crippen LogP contribution in [0.2, 0.25) is 0 Å². The zero-order chi connectivity index (χ0) is 15.4. The highest BCUT2D eigenvalue weighted by Gasteiger charge is 2.09. The van der Waals surface area contributed by atoms with Gasteiger partial charge in [-0.15, -0.1) is 12.4 Å².